The maximum Gasteiger partial charge on any atom is 0.326 e. The number of ether oxygens (including phenoxy) is 1. The van der Waals surface area contributed by atoms with Gasteiger partial charge >= 0.3 is 5.97 Å². The average molecular weight is 256 g/mol. The van der Waals surface area contributed by atoms with E-state index in [1.54, 1.807) is 6.92 Å². The number of fused-ring (bicyclic) bond motifs is 1. The predicted molar refractivity (Wildman–Crippen MR) is 69.3 cm³/mol. The molecule has 0 amide bonds. The summed E-state index contributed by atoms with van der Waals surface area (Å²) in [7, 11) is 0. The summed E-state index contributed by atoms with van der Waals surface area (Å²) in [5.41, 5.74) is 7.77. The highest BCUT2D eigenvalue weighted by Gasteiger charge is 2.38. The SMILES string of the molecule is CCOC(=O)C1(N)CCc2ccccc2C1.Cl. The third-order valence-corrected chi connectivity index (χ3v) is 3.15. The monoisotopic (exact) mass is 255 g/mol. The number of benzene rings is 1. The van der Waals surface area contributed by atoms with Crippen molar-refractivity contribution in [3.63, 3.8) is 0 Å². The van der Waals surface area contributed by atoms with Gasteiger partial charge in [0.1, 0.15) is 5.54 Å². The Balaban J connectivity index is 0.00000144. The van der Waals surface area contributed by atoms with Crippen LogP contribution in [-0.4, -0.2) is 18.1 Å². The molecule has 0 spiro atoms. The highest BCUT2D eigenvalue weighted by atomic mass is 35.5. The van der Waals surface area contributed by atoms with Gasteiger partial charge in [-0.25, -0.2) is 0 Å². The van der Waals surface area contributed by atoms with E-state index in [2.05, 4.69) is 6.07 Å². The van der Waals surface area contributed by atoms with Gasteiger partial charge in [-0.1, -0.05) is 24.3 Å². The van der Waals surface area contributed by atoms with Crippen molar-refractivity contribution in [1.82, 2.24) is 0 Å². The molecule has 94 valence electrons. The molecule has 2 rings (SSSR count). The van der Waals surface area contributed by atoms with E-state index in [4.69, 9.17) is 10.5 Å². The first-order valence-electron chi connectivity index (χ1n) is 5.68. The number of carbonyl (C=O) groups is 1. The van der Waals surface area contributed by atoms with Crippen molar-refractivity contribution in [2.75, 3.05) is 6.61 Å². The van der Waals surface area contributed by atoms with E-state index in [0.29, 0.717) is 19.4 Å². The summed E-state index contributed by atoms with van der Waals surface area (Å²) >= 11 is 0. The lowest BCUT2D eigenvalue weighted by Crippen LogP contribution is -2.53. The van der Waals surface area contributed by atoms with E-state index >= 15 is 0 Å². The molecular weight excluding hydrogens is 238 g/mol. The van der Waals surface area contributed by atoms with Gasteiger partial charge in [0.05, 0.1) is 6.61 Å². The minimum atomic E-state index is -0.829. The smallest absolute Gasteiger partial charge is 0.326 e. The van der Waals surface area contributed by atoms with Crippen LogP contribution in [0.15, 0.2) is 24.3 Å². The van der Waals surface area contributed by atoms with Gasteiger partial charge in [-0.05, 0) is 30.9 Å². The minimum Gasteiger partial charge on any atom is -0.465 e. The molecule has 17 heavy (non-hydrogen) atoms. The molecule has 0 radical (unpaired) electrons. The van der Waals surface area contributed by atoms with Gasteiger partial charge in [0, 0.05) is 6.42 Å². The maximum atomic E-state index is 11.8. The van der Waals surface area contributed by atoms with Crippen molar-refractivity contribution < 1.29 is 9.53 Å². The summed E-state index contributed by atoms with van der Waals surface area (Å²) in [4.78, 5) is 11.8. The van der Waals surface area contributed by atoms with Crippen molar-refractivity contribution in [3.05, 3.63) is 35.4 Å². The van der Waals surface area contributed by atoms with Gasteiger partial charge in [0.2, 0.25) is 0 Å². The van der Waals surface area contributed by atoms with Gasteiger partial charge in [-0.3, -0.25) is 4.79 Å². The zero-order chi connectivity index (χ0) is 11.6. The van der Waals surface area contributed by atoms with Crippen LogP contribution >= 0.6 is 12.4 Å². The number of esters is 1. The van der Waals surface area contributed by atoms with Crippen molar-refractivity contribution in [2.24, 2.45) is 5.73 Å². The molecule has 1 aromatic carbocycles. The second kappa shape index (κ2) is 5.52. The van der Waals surface area contributed by atoms with Crippen molar-refractivity contribution in [3.8, 4) is 0 Å². The summed E-state index contributed by atoms with van der Waals surface area (Å²) in [5.74, 6) is -0.274. The number of hydrogen-bond acceptors (Lipinski definition) is 3. The first-order valence-corrected chi connectivity index (χ1v) is 5.68. The molecule has 0 saturated heterocycles. The Morgan fingerprint density at radius 3 is 2.71 bits per heavy atom. The Kier molecular flexibility index (Phi) is 4.54. The van der Waals surface area contributed by atoms with Crippen LogP contribution in [0.1, 0.15) is 24.5 Å². The van der Waals surface area contributed by atoms with Crippen molar-refractivity contribution >= 4 is 18.4 Å². The van der Waals surface area contributed by atoms with Gasteiger partial charge in [-0.15, -0.1) is 12.4 Å². The van der Waals surface area contributed by atoms with E-state index in [9.17, 15) is 4.79 Å². The maximum absolute atomic E-state index is 11.8. The molecule has 0 bridgehead atoms. The van der Waals surface area contributed by atoms with Crippen LogP contribution in [0, 0.1) is 0 Å². The molecule has 3 nitrogen and oxygen atoms in total. The largest absolute Gasteiger partial charge is 0.465 e. The first kappa shape index (κ1) is 14.0. The van der Waals surface area contributed by atoms with E-state index in [0.717, 1.165) is 6.42 Å². The van der Waals surface area contributed by atoms with Crippen LogP contribution in [0.25, 0.3) is 0 Å². The highest BCUT2D eigenvalue weighted by molar-refractivity contribution is 5.85. The lowest BCUT2D eigenvalue weighted by Gasteiger charge is -2.32. The predicted octanol–water partition coefficient (Wildman–Crippen LogP) is 1.86. The molecule has 0 heterocycles. The quantitative estimate of drug-likeness (QED) is 0.821. The lowest BCUT2D eigenvalue weighted by molar-refractivity contribution is -0.150. The van der Waals surface area contributed by atoms with Gasteiger partial charge in [0.15, 0.2) is 0 Å². The van der Waals surface area contributed by atoms with Crippen LogP contribution in [0.5, 0.6) is 0 Å². The van der Waals surface area contributed by atoms with E-state index in [1.165, 1.54) is 11.1 Å². The Morgan fingerprint density at radius 1 is 1.41 bits per heavy atom. The Hall–Kier alpha value is -1.06. The molecule has 1 atom stereocenters. The molecule has 4 heteroatoms. The standard InChI is InChI=1S/C13H17NO2.ClH/c1-2-16-12(15)13(14)8-7-10-5-3-4-6-11(10)9-13;/h3-6H,2,7-9,14H2,1H3;1H. The minimum absolute atomic E-state index is 0. The fourth-order valence-corrected chi connectivity index (χ4v) is 2.21. The molecule has 0 fully saturated rings. The molecular formula is C13H18ClNO2. The number of rotatable bonds is 2. The van der Waals surface area contributed by atoms with Crippen molar-refractivity contribution in [2.45, 2.75) is 31.7 Å². The molecule has 1 aliphatic carbocycles. The summed E-state index contributed by atoms with van der Waals surface area (Å²) in [6, 6.07) is 8.14. The second-order valence-corrected chi connectivity index (χ2v) is 4.32. The van der Waals surface area contributed by atoms with E-state index < -0.39 is 5.54 Å². The third-order valence-electron chi connectivity index (χ3n) is 3.15. The lowest BCUT2D eigenvalue weighted by atomic mass is 9.79. The molecule has 0 aromatic heterocycles. The Labute approximate surface area is 108 Å². The third kappa shape index (κ3) is 2.79. The normalized spacial score (nSPS) is 22.2. The van der Waals surface area contributed by atoms with Gasteiger partial charge < -0.3 is 10.5 Å². The number of nitrogens with two attached hydrogens (primary N) is 1. The fraction of sp³-hybridized carbons (Fsp3) is 0.462. The van der Waals surface area contributed by atoms with Crippen molar-refractivity contribution in [1.29, 1.82) is 0 Å². The van der Waals surface area contributed by atoms with E-state index in [1.807, 2.05) is 18.2 Å². The summed E-state index contributed by atoms with van der Waals surface area (Å²) in [5, 5.41) is 0. The number of hydrogen-bond donors (Lipinski definition) is 1. The molecule has 1 aromatic rings. The molecule has 2 N–H and O–H groups in total. The summed E-state index contributed by atoms with van der Waals surface area (Å²) in [6.45, 7) is 2.19. The first-order chi connectivity index (χ1) is 7.65. The summed E-state index contributed by atoms with van der Waals surface area (Å²) < 4.78 is 5.04. The Bertz CT molecular complexity index is 408. The second-order valence-electron chi connectivity index (χ2n) is 4.32. The Morgan fingerprint density at radius 2 is 2.06 bits per heavy atom. The van der Waals surface area contributed by atoms with Crippen LogP contribution in [0.3, 0.4) is 0 Å². The average Bonchev–Trinajstić information content (AvgIpc) is 2.29. The summed E-state index contributed by atoms with van der Waals surface area (Å²) in [6.07, 6.45) is 2.11. The number of aryl methyl sites for hydroxylation is 1. The molecule has 1 unspecified atom stereocenters. The zero-order valence-corrected chi connectivity index (χ0v) is 10.8. The van der Waals surface area contributed by atoms with Crippen LogP contribution in [-0.2, 0) is 22.4 Å². The zero-order valence-electron chi connectivity index (χ0n) is 9.94. The molecule has 0 saturated carbocycles. The van der Waals surface area contributed by atoms with Crippen LogP contribution in [0.2, 0.25) is 0 Å². The fourth-order valence-electron chi connectivity index (χ4n) is 2.21. The topological polar surface area (TPSA) is 52.3 Å². The number of carbonyl (C=O) groups excluding carboxylic acids is 1. The van der Waals surface area contributed by atoms with E-state index in [-0.39, 0.29) is 18.4 Å². The highest BCUT2D eigenvalue weighted by Crippen LogP contribution is 2.27. The van der Waals surface area contributed by atoms with Gasteiger partial charge in [0.25, 0.3) is 0 Å². The molecule has 1 aliphatic rings. The van der Waals surface area contributed by atoms with Crippen LogP contribution in [0.4, 0.5) is 0 Å². The van der Waals surface area contributed by atoms with Crippen LogP contribution < -0.4 is 5.73 Å². The number of halogens is 1. The van der Waals surface area contributed by atoms with Gasteiger partial charge in [-0.2, -0.15) is 0 Å². The molecule has 0 aliphatic heterocycles.